The number of hydrogen-bond donors (Lipinski definition) is 1. The molecule has 0 aliphatic carbocycles. The summed E-state index contributed by atoms with van der Waals surface area (Å²) in [5, 5.41) is 2.51. The minimum atomic E-state index is -2.53. The standard InChI is InChI=1S/C19H16F3NO3S/c1-12(26-17(24)11-6-13-4-2-3-5-16(13)20)18(25)23-14-7-9-15(10-8-14)27-19(21)22/h2-12,19H,1H3,(H,23,25)/b11-6+/t12-/m1/s1. The zero-order valence-corrected chi connectivity index (χ0v) is 15.0. The number of thioether (sulfide) groups is 1. The molecule has 0 unspecified atom stereocenters. The molecule has 0 aliphatic rings. The number of rotatable bonds is 7. The van der Waals surface area contributed by atoms with Crippen molar-refractivity contribution in [1.82, 2.24) is 0 Å². The smallest absolute Gasteiger partial charge is 0.331 e. The van der Waals surface area contributed by atoms with Gasteiger partial charge >= 0.3 is 5.97 Å². The van der Waals surface area contributed by atoms with E-state index < -0.39 is 29.6 Å². The molecule has 0 aliphatic heterocycles. The molecule has 142 valence electrons. The second kappa shape index (κ2) is 9.82. The highest BCUT2D eigenvalue weighted by Gasteiger charge is 2.17. The van der Waals surface area contributed by atoms with E-state index in [0.29, 0.717) is 22.3 Å². The summed E-state index contributed by atoms with van der Waals surface area (Å²) >= 11 is 0.396. The van der Waals surface area contributed by atoms with Gasteiger partial charge in [0.25, 0.3) is 11.7 Å². The molecule has 0 fully saturated rings. The lowest BCUT2D eigenvalue weighted by Gasteiger charge is -2.12. The molecule has 2 rings (SSSR count). The Hall–Kier alpha value is -2.74. The number of halogens is 3. The number of carbonyl (C=O) groups is 2. The van der Waals surface area contributed by atoms with Crippen molar-refractivity contribution in [3.63, 3.8) is 0 Å². The van der Waals surface area contributed by atoms with Crippen LogP contribution < -0.4 is 5.32 Å². The Balaban J connectivity index is 1.87. The van der Waals surface area contributed by atoms with Crippen molar-refractivity contribution >= 4 is 35.4 Å². The van der Waals surface area contributed by atoms with E-state index in [4.69, 9.17) is 4.74 Å². The maximum absolute atomic E-state index is 13.5. The molecule has 4 nitrogen and oxygen atoms in total. The van der Waals surface area contributed by atoms with Crippen LogP contribution in [0.3, 0.4) is 0 Å². The van der Waals surface area contributed by atoms with Crippen molar-refractivity contribution < 1.29 is 27.5 Å². The van der Waals surface area contributed by atoms with Crippen LogP contribution in [-0.2, 0) is 14.3 Å². The van der Waals surface area contributed by atoms with E-state index in [9.17, 15) is 22.8 Å². The molecule has 2 aromatic rings. The fourth-order valence-corrected chi connectivity index (χ4v) is 2.50. The highest BCUT2D eigenvalue weighted by molar-refractivity contribution is 7.99. The van der Waals surface area contributed by atoms with Crippen molar-refractivity contribution in [2.75, 3.05) is 5.32 Å². The molecule has 1 N–H and O–H groups in total. The summed E-state index contributed by atoms with van der Waals surface area (Å²) in [6.07, 6.45) is 1.18. The molecular formula is C19H16F3NO3S. The van der Waals surface area contributed by atoms with Crippen LogP contribution >= 0.6 is 11.8 Å². The monoisotopic (exact) mass is 395 g/mol. The van der Waals surface area contributed by atoms with E-state index in [1.54, 1.807) is 6.07 Å². The van der Waals surface area contributed by atoms with Gasteiger partial charge in [0, 0.05) is 22.2 Å². The van der Waals surface area contributed by atoms with E-state index in [1.165, 1.54) is 55.5 Å². The normalized spacial score (nSPS) is 12.2. The minimum Gasteiger partial charge on any atom is -0.449 e. The maximum atomic E-state index is 13.5. The van der Waals surface area contributed by atoms with Gasteiger partial charge in [-0.25, -0.2) is 9.18 Å². The van der Waals surface area contributed by atoms with Crippen LogP contribution in [0.25, 0.3) is 6.08 Å². The largest absolute Gasteiger partial charge is 0.449 e. The molecule has 2 aromatic carbocycles. The number of ether oxygens (including phenoxy) is 1. The van der Waals surface area contributed by atoms with Gasteiger partial charge < -0.3 is 10.1 Å². The number of benzene rings is 2. The third-order valence-corrected chi connectivity index (χ3v) is 4.04. The Kier molecular flexibility index (Phi) is 7.48. The Bertz CT molecular complexity index is 825. The molecule has 0 saturated carbocycles. The third-order valence-electron chi connectivity index (χ3n) is 3.31. The molecule has 0 saturated heterocycles. The van der Waals surface area contributed by atoms with Crippen LogP contribution in [-0.4, -0.2) is 23.7 Å². The van der Waals surface area contributed by atoms with Crippen LogP contribution in [0.5, 0.6) is 0 Å². The molecule has 27 heavy (non-hydrogen) atoms. The van der Waals surface area contributed by atoms with Crippen molar-refractivity contribution in [3.8, 4) is 0 Å². The zero-order valence-electron chi connectivity index (χ0n) is 14.2. The van der Waals surface area contributed by atoms with Gasteiger partial charge in [-0.2, -0.15) is 8.78 Å². The van der Waals surface area contributed by atoms with Crippen molar-refractivity contribution in [2.24, 2.45) is 0 Å². The van der Waals surface area contributed by atoms with E-state index in [0.717, 1.165) is 6.08 Å². The molecule has 1 amide bonds. The zero-order chi connectivity index (χ0) is 19.8. The first-order valence-electron chi connectivity index (χ1n) is 7.84. The first-order chi connectivity index (χ1) is 12.8. The number of esters is 1. The lowest BCUT2D eigenvalue weighted by Crippen LogP contribution is -2.29. The van der Waals surface area contributed by atoms with Gasteiger partial charge in [-0.3, -0.25) is 4.79 Å². The number of hydrogen-bond acceptors (Lipinski definition) is 4. The lowest BCUT2D eigenvalue weighted by atomic mass is 10.2. The van der Waals surface area contributed by atoms with Crippen molar-refractivity contribution in [1.29, 1.82) is 0 Å². The predicted octanol–water partition coefficient (Wildman–Crippen LogP) is 4.72. The van der Waals surface area contributed by atoms with Gasteiger partial charge in [0.05, 0.1) is 0 Å². The topological polar surface area (TPSA) is 55.4 Å². The summed E-state index contributed by atoms with van der Waals surface area (Å²) in [6, 6.07) is 11.7. The predicted molar refractivity (Wildman–Crippen MR) is 97.9 cm³/mol. The SMILES string of the molecule is C[C@@H](OC(=O)/C=C/c1ccccc1F)C(=O)Nc1ccc(SC(F)F)cc1. The van der Waals surface area contributed by atoms with Gasteiger partial charge in [0.1, 0.15) is 5.82 Å². The molecule has 0 aromatic heterocycles. The summed E-state index contributed by atoms with van der Waals surface area (Å²) in [5.41, 5.74) is 0.594. The number of amides is 1. The molecule has 0 spiro atoms. The van der Waals surface area contributed by atoms with Gasteiger partial charge in [-0.05, 0) is 43.3 Å². The molecule has 0 bridgehead atoms. The van der Waals surface area contributed by atoms with Gasteiger partial charge in [0.15, 0.2) is 6.10 Å². The quantitative estimate of drug-likeness (QED) is 0.419. The number of anilines is 1. The minimum absolute atomic E-state index is 0.216. The van der Waals surface area contributed by atoms with Gasteiger partial charge in [0.2, 0.25) is 0 Å². The first-order valence-corrected chi connectivity index (χ1v) is 8.72. The fourth-order valence-electron chi connectivity index (χ4n) is 2.00. The average Bonchev–Trinajstić information content (AvgIpc) is 2.62. The Morgan fingerprint density at radius 1 is 1.11 bits per heavy atom. The third kappa shape index (κ3) is 6.82. The highest BCUT2D eigenvalue weighted by Crippen LogP contribution is 2.26. The summed E-state index contributed by atoms with van der Waals surface area (Å²) in [5.74, 6) is -4.40. The molecule has 1 atom stereocenters. The van der Waals surface area contributed by atoms with Crippen LogP contribution in [0.4, 0.5) is 18.9 Å². The Labute approximate surface area is 158 Å². The fraction of sp³-hybridized carbons (Fsp3) is 0.158. The summed E-state index contributed by atoms with van der Waals surface area (Å²) < 4.78 is 43.0. The molecule has 8 heteroatoms. The van der Waals surface area contributed by atoms with Gasteiger partial charge in [-0.1, -0.05) is 30.0 Å². The maximum Gasteiger partial charge on any atom is 0.331 e. The summed E-state index contributed by atoms with van der Waals surface area (Å²) in [7, 11) is 0. The highest BCUT2D eigenvalue weighted by atomic mass is 32.2. The molecule has 0 heterocycles. The summed E-state index contributed by atoms with van der Waals surface area (Å²) in [6.45, 7) is 1.38. The number of nitrogens with one attached hydrogen (secondary N) is 1. The van der Waals surface area contributed by atoms with Crippen molar-refractivity contribution in [3.05, 3.63) is 66.0 Å². The van der Waals surface area contributed by atoms with Crippen LogP contribution in [0.1, 0.15) is 12.5 Å². The average molecular weight is 395 g/mol. The summed E-state index contributed by atoms with van der Waals surface area (Å²) in [4.78, 5) is 24.2. The van der Waals surface area contributed by atoms with Crippen molar-refractivity contribution in [2.45, 2.75) is 23.7 Å². The Morgan fingerprint density at radius 2 is 1.78 bits per heavy atom. The van der Waals surface area contributed by atoms with Crippen LogP contribution in [0.15, 0.2) is 59.5 Å². The number of carbonyl (C=O) groups excluding carboxylic acids is 2. The molecule has 0 radical (unpaired) electrons. The second-order valence-electron chi connectivity index (χ2n) is 5.33. The second-order valence-corrected chi connectivity index (χ2v) is 6.39. The lowest BCUT2D eigenvalue weighted by molar-refractivity contribution is -0.148. The number of alkyl halides is 2. The molecular weight excluding hydrogens is 379 g/mol. The van der Waals surface area contributed by atoms with E-state index in [2.05, 4.69) is 5.32 Å². The van der Waals surface area contributed by atoms with E-state index in [1.807, 2.05) is 0 Å². The van der Waals surface area contributed by atoms with E-state index >= 15 is 0 Å². The van der Waals surface area contributed by atoms with Crippen LogP contribution in [0.2, 0.25) is 0 Å². The van der Waals surface area contributed by atoms with E-state index in [-0.39, 0.29) is 5.56 Å². The Morgan fingerprint density at radius 3 is 2.41 bits per heavy atom. The first kappa shape index (κ1) is 20.6. The van der Waals surface area contributed by atoms with Crippen LogP contribution in [0, 0.1) is 5.82 Å². The van der Waals surface area contributed by atoms with Gasteiger partial charge in [-0.15, -0.1) is 0 Å².